The predicted octanol–water partition coefficient (Wildman–Crippen LogP) is 2.17. The fourth-order valence-corrected chi connectivity index (χ4v) is 1.60. The lowest BCUT2D eigenvalue weighted by molar-refractivity contribution is 0.277. The number of pyridine rings is 1. The van der Waals surface area contributed by atoms with Crippen molar-refractivity contribution in [1.29, 1.82) is 0 Å². The third-order valence-corrected chi connectivity index (χ3v) is 2.36. The van der Waals surface area contributed by atoms with Gasteiger partial charge in [0.2, 0.25) is 0 Å². The number of benzene rings is 1. The Hall–Kier alpha value is -1.48. The maximum absolute atomic E-state index is 13.3. The number of fused-ring (bicyclic) bond motifs is 1. The Balaban J connectivity index is 2.88. The number of nitrogens with zero attached hydrogens (tertiary/aromatic N) is 1. The minimum atomic E-state index is -0.370. The van der Waals surface area contributed by atoms with E-state index in [9.17, 15) is 4.39 Å². The van der Waals surface area contributed by atoms with Gasteiger partial charge in [0.1, 0.15) is 5.82 Å². The average molecular weight is 191 g/mol. The molecule has 0 spiro atoms. The molecule has 2 aromatic rings. The first kappa shape index (κ1) is 9.09. The van der Waals surface area contributed by atoms with Gasteiger partial charge in [0, 0.05) is 22.8 Å². The second-order valence-corrected chi connectivity index (χ2v) is 3.18. The van der Waals surface area contributed by atoms with Crippen molar-refractivity contribution in [2.24, 2.45) is 0 Å². The average Bonchev–Trinajstić information content (AvgIpc) is 2.18. The Kier molecular flexibility index (Phi) is 2.17. The molecule has 0 aliphatic rings. The number of halogens is 1. The topological polar surface area (TPSA) is 33.1 Å². The zero-order valence-corrected chi connectivity index (χ0v) is 7.79. The quantitative estimate of drug-likeness (QED) is 0.749. The zero-order chi connectivity index (χ0) is 10.1. The van der Waals surface area contributed by atoms with Crippen molar-refractivity contribution in [3.63, 3.8) is 0 Å². The van der Waals surface area contributed by atoms with E-state index in [1.807, 2.05) is 6.92 Å². The molecule has 0 aliphatic carbocycles. The van der Waals surface area contributed by atoms with Gasteiger partial charge in [-0.25, -0.2) is 4.39 Å². The van der Waals surface area contributed by atoms with Crippen LogP contribution in [0.2, 0.25) is 0 Å². The molecule has 14 heavy (non-hydrogen) atoms. The van der Waals surface area contributed by atoms with Crippen LogP contribution in [-0.2, 0) is 6.61 Å². The van der Waals surface area contributed by atoms with E-state index in [0.29, 0.717) is 5.56 Å². The van der Waals surface area contributed by atoms with Crippen LogP contribution in [0.3, 0.4) is 0 Å². The van der Waals surface area contributed by atoms with E-state index in [1.165, 1.54) is 6.07 Å². The Morgan fingerprint density at radius 1 is 1.29 bits per heavy atom. The van der Waals surface area contributed by atoms with E-state index in [4.69, 9.17) is 5.11 Å². The van der Waals surface area contributed by atoms with Gasteiger partial charge >= 0.3 is 0 Å². The number of aliphatic hydroxyl groups excluding tert-OH is 1. The molecule has 1 heterocycles. The molecule has 0 aliphatic heterocycles. The first-order chi connectivity index (χ1) is 6.74. The van der Waals surface area contributed by atoms with Crippen molar-refractivity contribution >= 4 is 10.8 Å². The molecule has 1 N–H and O–H groups in total. The summed E-state index contributed by atoms with van der Waals surface area (Å²) < 4.78 is 13.3. The Morgan fingerprint density at radius 3 is 2.79 bits per heavy atom. The van der Waals surface area contributed by atoms with E-state index < -0.39 is 0 Å². The van der Waals surface area contributed by atoms with Crippen molar-refractivity contribution in [2.75, 3.05) is 0 Å². The molecule has 72 valence electrons. The summed E-state index contributed by atoms with van der Waals surface area (Å²) in [6, 6.07) is 4.77. The molecular weight excluding hydrogens is 181 g/mol. The lowest BCUT2D eigenvalue weighted by Crippen LogP contribution is -1.93. The number of hydrogen-bond acceptors (Lipinski definition) is 2. The molecule has 0 saturated carbocycles. The van der Waals surface area contributed by atoms with Gasteiger partial charge in [-0.2, -0.15) is 0 Å². The van der Waals surface area contributed by atoms with E-state index >= 15 is 0 Å². The van der Waals surface area contributed by atoms with Gasteiger partial charge in [-0.3, -0.25) is 4.98 Å². The maximum Gasteiger partial charge on any atom is 0.129 e. The molecule has 0 atom stereocenters. The van der Waals surface area contributed by atoms with E-state index in [0.717, 1.165) is 16.5 Å². The highest BCUT2D eigenvalue weighted by Crippen LogP contribution is 2.22. The van der Waals surface area contributed by atoms with Crippen LogP contribution in [0.4, 0.5) is 4.39 Å². The minimum absolute atomic E-state index is 0.285. The van der Waals surface area contributed by atoms with Gasteiger partial charge in [-0.05, 0) is 30.5 Å². The van der Waals surface area contributed by atoms with E-state index in [1.54, 1.807) is 18.3 Å². The van der Waals surface area contributed by atoms with Gasteiger partial charge in [-0.15, -0.1) is 0 Å². The van der Waals surface area contributed by atoms with Crippen molar-refractivity contribution in [3.05, 3.63) is 41.5 Å². The highest BCUT2D eigenvalue weighted by atomic mass is 19.1. The second-order valence-electron chi connectivity index (χ2n) is 3.18. The highest BCUT2D eigenvalue weighted by molar-refractivity contribution is 5.87. The molecule has 0 bridgehead atoms. The molecule has 0 unspecified atom stereocenters. The van der Waals surface area contributed by atoms with Gasteiger partial charge in [0.15, 0.2) is 0 Å². The summed E-state index contributed by atoms with van der Waals surface area (Å²) >= 11 is 0. The molecule has 0 saturated heterocycles. The van der Waals surface area contributed by atoms with Crippen LogP contribution in [0.5, 0.6) is 0 Å². The fourth-order valence-electron chi connectivity index (χ4n) is 1.60. The summed E-state index contributed by atoms with van der Waals surface area (Å²) in [7, 11) is 0. The molecular formula is C11H10FNO. The summed E-state index contributed by atoms with van der Waals surface area (Å²) in [6.07, 6.45) is 1.62. The number of rotatable bonds is 1. The van der Waals surface area contributed by atoms with Crippen LogP contribution in [0, 0.1) is 12.7 Å². The summed E-state index contributed by atoms with van der Waals surface area (Å²) in [4.78, 5) is 4.11. The molecule has 0 radical (unpaired) electrons. The molecule has 0 fully saturated rings. The second kappa shape index (κ2) is 3.35. The molecule has 1 aromatic heterocycles. The predicted molar refractivity (Wildman–Crippen MR) is 52.4 cm³/mol. The number of aryl methyl sites for hydroxylation is 1. The van der Waals surface area contributed by atoms with E-state index in [-0.39, 0.29) is 12.4 Å². The van der Waals surface area contributed by atoms with Gasteiger partial charge in [0.05, 0.1) is 6.61 Å². The molecule has 2 nitrogen and oxygen atoms in total. The Bertz CT molecular complexity index is 482. The van der Waals surface area contributed by atoms with Gasteiger partial charge in [-0.1, -0.05) is 0 Å². The first-order valence-electron chi connectivity index (χ1n) is 4.37. The number of aromatic nitrogens is 1. The number of hydrogen-bond donors (Lipinski definition) is 1. The summed E-state index contributed by atoms with van der Waals surface area (Å²) in [5.41, 5.74) is 1.19. The van der Waals surface area contributed by atoms with Crippen LogP contribution >= 0.6 is 0 Å². The third kappa shape index (κ3) is 1.26. The fraction of sp³-hybridized carbons (Fsp3) is 0.182. The van der Waals surface area contributed by atoms with Crippen LogP contribution in [0.1, 0.15) is 11.3 Å². The van der Waals surface area contributed by atoms with Crippen molar-refractivity contribution in [3.8, 4) is 0 Å². The molecule has 1 aromatic carbocycles. The van der Waals surface area contributed by atoms with Crippen molar-refractivity contribution < 1.29 is 9.50 Å². The molecule has 0 amide bonds. The van der Waals surface area contributed by atoms with Crippen molar-refractivity contribution in [2.45, 2.75) is 13.5 Å². The smallest absolute Gasteiger partial charge is 0.129 e. The lowest BCUT2D eigenvalue weighted by atomic mass is 10.0. The monoisotopic (exact) mass is 191 g/mol. The summed E-state index contributed by atoms with van der Waals surface area (Å²) in [5.74, 6) is -0.370. The largest absolute Gasteiger partial charge is 0.392 e. The molecule has 2 rings (SSSR count). The summed E-state index contributed by atoms with van der Waals surface area (Å²) in [5, 5.41) is 10.7. The van der Waals surface area contributed by atoms with Crippen molar-refractivity contribution in [1.82, 2.24) is 4.98 Å². The first-order valence-corrected chi connectivity index (χ1v) is 4.37. The highest BCUT2D eigenvalue weighted by Gasteiger charge is 2.07. The SMILES string of the molecule is Cc1nccc2c(CO)c(F)ccc12. The number of aliphatic hydroxyl groups is 1. The van der Waals surface area contributed by atoms with Gasteiger partial charge < -0.3 is 5.11 Å². The van der Waals surface area contributed by atoms with Crippen LogP contribution in [-0.4, -0.2) is 10.1 Å². The maximum atomic E-state index is 13.3. The van der Waals surface area contributed by atoms with Gasteiger partial charge in [0.25, 0.3) is 0 Å². The zero-order valence-electron chi connectivity index (χ0n) is 7.79. The normalized spacial score (nSPS) is 10.8. The van der Waals surface area contributed by atoms with Crippen LogP contribution in [0.15, 0.2) is 24.4 Å². The Labute approximate surface area is 81.0 Å². The van der Waals surface area contributed by atoms with Crippen LogP contribution < -0.4 is 0 Å². The minimum Gasteiger partial charge on any atom is -0.392 e. The third-order valence-electron chi connectivity index (χ3n) is 2.36. The lowest BCUT2D eigenvalue weighted by Gasteiger charge is -2.06. The van der Waals surface area contributed by atoms with Crippen LogP contribution in [0.25, 0.3) is 10.8 Å². The summed E-state index contributed by atoms with van der Waals surface area (Å²) in [6.45, 7) is 1.58. The van der Waals surface area contributed by atoms with E-state index in [2.05, 4.69) is 4.98 Å². The molecule has 3 heteroatoms. The Morgan fingerprint density at radius 2 is 2.07 bits per heavy atom. The standard InChI is InChI=1S/C11H10FNO/c1-7-8-2-3-11(12)10(6-14)9(8)4-5-13-7/h2-5,14H,6H2,1H3.